The molecule has 112 valence electrons. The van der Waals surface area contributed by atoms with Crippen LogP contribution in [0.4, 0.5) is 5.69 Å². The minimum absolute atomic E-state index is 0.251. The first-order valence-electron chi connectivity index (χ1n) is 7.54. The molecule has 1 aromatic carbocycles. The van der Waals surface area contributed by atoms with E-state index in [0.717, 1.165) is 38.5 Å². The number of amides is 2. The molecule has 0 aliphatic heterocycles. The largest absolute Gasteiger partial charge is 0.328 e. The number of nitrogens with one attached hydrogen (secondary N) is 1. The average Bonchev–Trinajstić information content (AvgIpc) is 3.16. The van der Waals surface area contributed by atoms with Crippen molar-refractivity contribution in [3.05, 3.63) is 29.3 Å². The minimum Gasteiger partial charge on any atom is -0.328 e. The Kier molecular flexibility index (Phi) is 4.15. The first-order chi connectivity index (χ1) is 10.1. The summed E-state index contributed by atoms with van der Waals surface area (Å²) in [5.41, 5.74) is 0.597. The van der Waals surface area contributed by atoms with Gasteiger partial charge in [0.15, 0.2) is 0 Å². The molecule has 2 amide bonds. The van der Waals surface area contributed by atoms with Crippen LogP contribution in [-0.4, -0.2) is 28.8 Å². The van der Waals surface area contributed by atoms with Gasteiger partial charge in [-0.1, -0.05) is 24.4 Å². The summed E-state index contributed by atoms with van der Waals surface area (Å²) in [6.07, 6.45) is 6.40. The molecule has 4 nitrogen and oxygen atoms in total. The smallest absolute Gasteiger partial charge is 0.313 e. The van der Waals surface area contributed by atoms with Gasteiger partial charge in [-0.2, -0.15) is 0 Å². The van der Waals surface area contributed by atoms with Crippen molar-refractivity contribution < 1.29 is 9.59 Å². The van der Waals surface area contributed by atoms with Crippen LogP contribution in [0.3, 0.4) is 0 Å². The highest BCUT2D eigenvalue weighted by atomic mass is 35.5. The maximum Gasteiger partial charge on any atom is 0.313 e. The van der Waals surface area contributed by atoms with Gasteiger partial charge in [0, 0.05) is 22.8 Å². The summed E-state index contributed by atoms with van der Waals surface area (Å²) in [7, 11) is 0. The standard InChI is InChI=1S/C16H19ClN2O2/c17-11-5-7-12(8-6-11)18-15(20)16(21)19(14-9-10-14)13-3-1-2-4-13/h5-8,13-14H,1-4,9-10H2,(H,18,20). The predicted molar refractivity (Wildman–Crippen MR) is 82.2 cm³/mol. The van der Waals surface area contributed by atoms with Gasteiger partial charge in [-0.25, -0.2) is 0 Å². The van der Waals surface area contributed by atoms with Gasteiger partial charge in [0.05, 0.1) is 0 Å². The van der Waals surface area contributed by atoms with E-state index in [0.29, 0.717) is 10.7 Å². The fourth-order valence-electron chi connectivity index (χ4n) is 3.00. The molecule has 3 rings (SSSR count). The van der Waals surface area contributed by atoms with E-state index in [2.05, 4.69) is 5.32 Å². The summed E-state index contributed by atoms with van der Waals surface area (Å²) >= 11 is 5.81. The molecule has 21 heavy (non-hydrogen) atoms. The van der Waals surface area contributed by atoms with Gasteiger partial charge in [0.1, 0.15) is 0 Å². The summed E-state index contributed by atoms with van der Waals surface area (Å²) < 4.78 is 0. The third-order valence-electron chi connectivity index (χ3n) is 4.19. The molecule has 2 saturated carbocycles. The van der Waals surface area contributed by atoms with E-state index in [1.807, 2.05) is 4.90 Å². The molecule has 0 radical (unpaired) electrons. The number of nitrogens with zero attached hydrogens (tertiary/aromatic N) is 1. The fraction of sp³-hybridized carbons (Fsp3) is 0.500. The van der Waals surface area contributed by atoms with Gasteiger partial charge in [0.2, 0.25) is 0 Å². The fourth-order valence-corrected chi connectivity index (χ4v) is 3.13. The van der Waals surface area contributed by atoms with Gasteiger partial charge in [-0.3, -0.25) is 9.59 Å². The number of carbonyl (C=O) groups excluding carboxylic acids is 2. The van der Waals surface area contributed by atoms with Gasteiger partial charge in [-0.15, -0.1) is 0 Å². The van der Waals surface area contributed by atoms with Crippen molar-refractivity contribution in [3.63, 3.8) is 0 Å². The molecule has 0 aromatic heterocycles. The van der Waals surface area contributed by atoms with Gasteiger partial charge in [-0.05, 0) is 49.9 Å². The third kappa shape index (κ3) is 3.38. The van der Waals surface area contributed by atoms with Crippen LogP contribution >= 0.6 is 11.6 Å². The lowest BCUT2D eigenvalue weighted by Gasteiger charge is -2.28. The van der Waals surface area contributed by atoms with Crippen LogP contribution in [0.5, 0.6) is 0 Å². The Morgan fingerprint density at radius 2 is 1.57 bits per heavy atom. The van der Waals surface area contributed by atoms with Crippen molar-refractivity contribution in [1.82, 2.24) is 4.90 Å². The van der Waals surface area contributed by atoms with Gasteiger partial charge >= 0.3 is 11.8 Å². The number of benzene rings is 1. The second kappa shape index (κ2) is 6.06. The van der Waals surface area contributed by atoms with Crippen LogP contribution in [0.15, 0.2) is 24.3 Å². The molecule has 2 fully saturated rings. The highest BCUT2D eigenvalue weighted by molar-refractivity contribution is 6.39. The Morgan fingerprint density at radius 1 is 1.00 bits per heavy atom. The summed E-state index contributed by atoms with van der Waals surface area (Å²) in [4.78, 5) is 26.5. The van der Waals surface area contributed by atoms with Crippen LogP contribution in [-0.2, 0) is 9.59 Å². The topological polar surface area (TPSA) is 49.4 Å². The Balaban J connectivity index is 1.67. The lowest BCUT2D eigenvalue weighted by molar-refractivity contribution is -0.145. The Morgan fingerprint density at radius 3 is 2.14 bits per heavy atom. The number of rotatable bonds is 3. The predicted octanol–water partition coefficient (Wildman–Crippen LogP) is 3.21. The zero-order chi connectivity index (χ0) is 14.8. The maximum absolute atomic E-state index is 12.5. The van der Waals surface area contributed by atoms with Crippen LogP contribution in [0.1, 0.15) is 38.5 Å². The molecule has 0 atom stereocenters. The molecule has 1 aromatic rings. The zero-order valence-corrected chi connectivity index (χ0v) is 12.6. The monoisotopic (exact) mass is 306 g/mol. The number of anilines is 1. The van der Waals surface area contributed by atoms with Crippen molar-refractivity contribution in [1.29, 1.82) is 0 Å². The number of halogens is 1. The first-order valence-corrected chi connectivity index (χ1v) is 7.92. The molecule has 2 aliphatic rings. The van der Waals surface area contributed by atoms with E-state index in [-0.39, 0.29) is 18.0 Å². The summed E-state index contributed by atoms with van der Waals surface area (Å²) in [6.45, 7) is 0. The van der Waals surface area contributed by atoms with E-state index in [9.17, 15) is 9.59 Å². The van der Waals surface area contributed by atoms with E-state index in [1.54, 1.807) is 24.3 Å². The van der Waals surface area contributed by atoms with Crippen LogP contribution in [0.25, 0.3) is 0 Å². The Labute approximate surface area is 129 Å². The summed E-state index contributed by atoms with van der Waals surface area (Å²) in [6, 6.07) is 7.31. The Bertz CT molecular complexity index is 534. The van der Waals surface area contributed by atoms with Crippen molar-refractivity contribution >= 4 is 29.1 Å². The van der Waals surface area contributed by atoms with Crippen LogP contribution in [0, 0.1) is 0 Å². The van der Waals surface area contributed by atoms with Crippen molar-refractivity contribution in [2.75, 3.05) is 5.32 Å². The normalized spacial score (nSPS) is 18.5. The summed E-state index contributed by atoms with van der Waals surface area (Å²) in [5, 5.41) is 3.27. The molecule has 0 heterocycles. The second-order valence-corrected chi connectivity index (χ2v) is 6.28. The molecule has 0 unspecified atom stereocenters. The van der Waals surface area contributed by atoms with E-state index < -0.39 is 5.91 Å². The van der Waals surface area contributed by atoms with E-state index >= 15 is 0 Å². The number of carbonyl (C=O) groups is 2. The quantitative estimate of drug-likeness (QED) is 0.872. The van der Waals surface area contributed by atoms with E-state index in [1.165, 1.54) is 0 Å². The highest BCUT2D eigenvalue weighted by Crippen LogP contribution is 2.34. The number of hydrogen-bond acceptors (Lipinski definition) is 2. The zero-order valence-electron chi connectivity index (χ0n) is 11.8. The lowest BCUT2D eigenvalue weighted by atomic mass is 10.2. The average molecular weight is 307 g/mol. The van der Waals surface area contributed by atoms with Crippen molar-refractivity contribution in [2.45, 2.75) is 50.6 Å². The van der Waals surface area contributed by atoms with Crippen LogP contribution < -0.4 is 5.32 Å². The highest BCUT2D eigenvalue weighted by Gasteiger charge is 2.40. The maximum atomic E-state index is 12.5. The molecular weight excluding hydrogens is 288 g/mol. The SMILES string of the molecule is O=C(Nc1ccc(Cl)cc1)C(=O)N(C1CCCC1)C1CC1. The van der Waals surface area contributed by atoms with Gasteiger partial charge < -0.3 is 10.2 Å². The number of hydrogen-bond donors (Lipinski definition) is 1. The van der Waals surface area contributed by atoms with Crippen molar-refractivity contribution in [2.24, 2.45) is 0 Å². The third-order valence-corrected chi connectivity index (χ3v) is 4.44. The van der Waals surface area contributed by atoms with E-state index in [4.69, 9.17) is 11.6 Å². The molecule has 1 N–H and O–H groups in total. The van der Waals surface area contributed by atoms with Crippen LogP contribution in [0.2, 0.25) is 5.02 Å². The molecule has 2 aliphatic carbocycles. The lowest BCUT2D eigenvalue weighted by Crippen LogP contribution is -2.46. The molecule has 0 spiro atoms. The van der Waals surface area contributed by atoms with Gasteiger partial charge in [0.25, 0.3) is 0 Å². The molecule has 5 heteroatoms. The molecule has 0 bridgehead atoms. The molecular formula is C16H19ClN2O2. The first kappa shape index (κ1) is 14.4. The summed E-state index contributed by atoms with van der Waals surface area (Å²) in [5.74, 6) is -0.935. The minimum atomic E-state index is -0.545. The second-order valence-electron chi connectivity index (χ2n) is 5.84. The Hall–Kier alpha value is -1.55. The molecule has 0 saturated heterocycles. The van der Waals surface area contributed by atoms with Crippen molar-refractivity contribution in [3.8, 4) is 0 Å².